The van der Waals surface area contributed by atoms with Crippen molar-refractivity contribution in [2.75, 3.05) is 7.11 Å². The van der Waals surface area contributed by atoms with Crippen LogP contribution in [-0.2, 0) is 6.18 Å². The number of rotatable bonds is 3. The predicted molar refractivity (Wildman–Crippen MR) is 75.6 cm³/mol. The van der Waals surface area contributed by atoms with Gasteiger partial charge in [-0.2, -0.15) is 24.5 Å². The van der Waals surface area contributed by atoms with Crippen LogP contribution < -0.4 is 10.5 Å². The lowest BCUT2D eigenvalue weighted by Gasteiger charge is -2.18. The van der Waals surface area contributed by atoms with Crippen molar-refractivity contribution in [1.82, 2.24) is 0 Å². The van der Waals surface area contributed by atoms with E-state index in [2.05, 4.69) is 0 Å². The van der Waals surface area contributed by atoms with Crippen LogP contribution in [0.5, 0.6) is 5.75 Å². The molecule has 0 radical (unpaired) electrons. The summed E-state index contributed by atoms with van der Waals surface area (Å²) >= 11 is 1.40. The van der Waals surface area contributed by atoms with Crippen LogP contribution in [0.25, 0.3) is 0 Å². The molecule has 0 fully saturated rings. The quantitative estimate of drug-likeness (QED) is 0.916. The second-order valence-corrected chi connectivity index (χ2v) is 4.77. The Kier molecular flexibility index (Phi) is 5.44. The predicted octanol–water partition coefficient (Wildman–Crippen LogP) is 4.25. The number of halogens is 4. The van der Waals surface area contributed by atoms with Crippen molar-refractivity contribution in [2.45, 2.75) is 12.2 Å². The summed E-state index contributed by atoms with van der Waals surface area (Å²) in [6, 6.07) is 4.75. The molecule has 1 atom stereocenters. The molecule has 1 heterocycles. The first kappa shape index (κ1) is 16.8. The van der Waals surface area contributed by atoms with Crippen LogP contribution in [0.3, 0.4) is 0 Å². The molecular weight excluding hydrogens is 311 g/mol. The lowest BCUT2D eigenvalue weighted by molar-refractivity contribution is -0.138. The first-order valence-electron chi connectivity index (χ1n) is 5.46. The largest absolute Gasteiger partial charge is 0.497 e. The number of hydrogen-bond donors (Lipinski definition) is 1. The van der Waals surface area contributed by atoms with Crippen LogP contribution in [0.2, 0.25) is 0 Å². The van der Waals surface area contributed by atoms with E-state index in [0.29, 0.717) is 5.56 Å². The van der Waals surface area contributed by atoms with Crippen LogP contribution in [-0.4, -0.2) is 7.11 Å². The van der Waals surface area contributed by atoms with E-state index in [-0.39, 0.29) is 23.7 Å². The third kappa shape index (κ3) is 3.45. The highest BCUT2D eigenvalue weighted by Crippen LogP contribution is 2.38. The zero-order valence-corrected chi connectivity index (χ0v) is 12.1. The Morgan fingerprint density at radius 3 is 2.45 bits per heavy atom. The topological polar surface area (TPSA) is 35.2 Å². The second-order valence-electron chi connectivity index (χ2n) is 3.99. The molecule has 0 spiro atoms. The normalized spacial score (nSPS) is 12.7. The Morgan fingerprint density at radius 1 is 1.25 bits per heavy atom. The van der Waals surface area contributed by atoms with Crippen molar-refractivity contribution in [3.63, 3.8) is 0 Å². The molecule has 2 rings (SSSR count). The molecule has 2 N–H and O–H groups in total. The number of thiophene rings is 1. The molecule has 1 aromatic heterocycles. The van der Waals surface area contributed by atoms with Crippen molar-refractivity contribution in [3.8, 4) is 5.75 Å². The van der Waals surface area contributed by atoms with Gasteiger partial charge < -0.3 is 10.5 Å². The van der Waals surface area contributed by atoms with E-state index in [0.717, 1.165) is 6.07 Å². The van der Waals surface area contributed by atoms with Crippen molar-refractivity contribution in [1.29, 1.82) is 0 Å². The Bertz CT molecular complexity index is 557. The van der Waals surface area contributed by atoms with Crippen molar-refractivity contribution < 1.29 is 17.9 Å². The van der Waals surface area contributed by atoms with E-state index in [1.807, 2.05) is 0 Å². The SMILES string of the molecule is COc1ccc([C@H](N)c2ccsc2)c(C(F)(F)F)c1.Cl. The summed E-state index contributed by atoms with van der Waals surface area (Å²) in [5.74, 6) is 0.161. The van der Waals surface area contributed by atoms with Gasteiger partial charge in [0.05, 0.1) is 18.7 Å². The molecule has 0 aliphatic heterocycles. The zero-order valence-electron chi connectivity index (χ0n) is 10.5. The van der Waals surface area contributed by atoms with Gasteiger partial charge in [-0.15, -0.1) is 12.4 Å². The summed E-state index contributed by atoms with van der Waals surface area (Å²) < 4.78 is 44.0. The summed E-state index contributed by atoms with van der Waals surface area (Å²) in [6.45, 7) is 0. The minimum absolute atomic E-state index is 0. The molecule has 0 saturated heterocycles. The maximum atomic E-state index is 13.1. The van der Waals surface area contributed by atoms with Gasteiger partial charge in [-0.25, -0.2) is 0 Å². The van der Waals surface area contributed by atoms with E-state index in [9.17, 15) is 13.2 Å². The molecule has 0 aliphatic carbocycles. The fourth-order valence-electron chi connectivity index (χ4n) is 1.81. The molecule has 0 bridgehead atoms. The maximum Gasteiger partial charge on any atom is 0.416 e. The van der Waals surface area contributed by atoms with Crippen LogP contribution >= 0.6 is 23.7 Å². The molecule has 20 heavy (non-hydrogen) atoms. The molecule has 7 heteroatoms. The molecule has 1 aromatic carbocycles. The summed E-state index contributed by atoms with van der Waals surface area (Å²) in [4.78, 5) is 0. The highest BCUT2D eigenvalue weighted by molar-refractivity contribution is 7.08. The van der Waals surface area contributed by atoms with Gasteiger partial charge in [-0.1, -0.05) is 6.07 Å². The number of benzene rings is 1. The summed E-state index contributed by atoms with van der Waals surface area (Å²) in [6.07, 6.45) is -4.46. The maximum absolute atomic E-state index is 13.1. The lowest BCUT2D eigenvalue weighted by atomic mass is 9.96. The molecule has 0 saturated carbocycles. The van der Waals surface area contributed by atoms with Gasteiger partial charge in [-0.3, -0.25) is 0 Å². The molecule has 0 unspecified atom stereocenters. The van der Waals surface area contributed by atoms with E-state index in [1.54, 1.807) is 16.8 Å². The average molecular weight is 324 g/mol. The highest BCUT2D eigenvalue weighted by Gasteiger charge is 2.35. The lowest BCUT2D eigenvalue weighted by Crippen LogP contribution is -2.18. The first-order chi connectivity index (χ1) is 8.93. The van der Waals surface area contributed by atoms with Crippen LogP contribution in [0, 0.1) is 0 Å². The average Bonchev–Trinajstić information content (AvgIpc) is 2.90. The van der Waals surface area contributed by atoms with Crippen LogP contribution in [0.4, 0.5) is 13.2 Å². The number of methoxy groups -OCH3 is 1. The number of alkyl halides is 3. The van der Waals surface area contributed by atoms with Crippen molar-refractivity contribution >= 4 is 23.7 Å². The molecule has 110 valence electrons. The molecule has 2 nitrogen and oxygen atoms in total. The Labute approximate surface area is 124 Å². The fraction of sp³-hybridized carbons (Fsp3) is 0.231. The third-order valence-electron chi connectivity index (χ3n) is 2.80. The first-order valence-corrected chi connectivity index (χ1v) is 6.40. The summed E-state index contributed by atoms with van der Waals surface area (Å²) in [5.41, 5.74) is 5.87. The third-order valence-corrected chi connectivity index (χ3v) is 3.50. The Balaban J connectivity index is 0.00000200. The Morgan fingerprint density at radius 2 is 1.95 bits per heavy atom. The smallest absolute Gasteiger partial charge is 0.416 e. The highest BCUT2D eigenvalue weighted by atomic mass is 35.5. The van der Waals surface area contributed by atoms with E-state index in [4.69, 9.17) is 10.5 Å². The number of nitrogens with two attached hydrogens (primary N) is 1. The minimum atomic E-state index is -4.46. The van der Waals surface area contributed by atoms with Crippen molar-refractivity contribution in [3.05, 3.63) is 51.7 Å². The van der Waals surface area contributed by atoms with Gasteiger partial charge in [0.2, 0.25) is 0 Å². The molecule has 2 aromatic rings. The Hall–Kier alpha value is -1.24. The van der Waals surface area contributed by atoms with Crippen LogP contribution in [0.15, 0.2) is 35.0 Å². The second kappa shape index (κ2) is 6.47. The monoisotopic (exact) mass is 323 g/mol. The summed E-state index contributed by atoms with van der Waals surface area (Å²) in [7, 11) is 1.33. The number of ether oxygens (including phenoxy) is 1. The standard InChI is InChI=1S/C13H12F3NOS.ClH/c1-18-9-2-3-10(11(6-9)13(14,15)16)12(17)8-4-5-19-7-8;/h2-7,12H,17H2,1H3;1H/t12-;/m1./s1. The van der Waals surface area contributed by atoms with Gasteiger partial charge in [0.25, 0.3) is 0 Å². The van der Waals surface area contributed by atoms with Gasteiger partial charge in [0, 0.05) is 0 Å². The van der Waals surface area contributed by atoms with Gasteiger partial charge in [0.1, 0.15) is 5.75 Å². The van der Waals surface area contributed by atoms with Crippen LogP contribution in [0.1, 0.15) is 22.7 Å². The van der Waals surface area contributed by atoms with Gasteiger partial charge >= 0.3 is 6.18 Å². The number of hydrogen-bond acceptors (Lipinski definition) is 3. The molecular formula is C13H13ClF3NOS. The molecule has 0 aliphatic rings. The van der Waals surface area contributed by atoms with Crippen molar-refractivity contribution in [2.24, 2.45) is 5.73 Å². The summed E-state index contributed by atoms with van der Waals surface area (Å²) in [5, 5.41) is 3.53. The van der Waals surface area contributed by atoms with Gasteiger partial charge in [-0.05, 0) is 40.1 Å². The fourth-order valence-corrected chi connectivity index (χ4v) is 2.51. The van der Waals surface area contributed by atoms with E-state index < -0.39 is 17.8 Å². The zero-order chi connectivity index (χ0) is 14.0. The van der Waals surface area contributed by atoms with E-state index >= 15 is 0 Å². The minimum Gasteiger partial charge on any atom is -0.497 e. The molecule has 0 amide bonds. The van der Waals surface area contributed by atoms with E-state index in [1.165, 1.54) is 30.6 Å². The van der Waals surface area contributed by atoms with Gasteiger partial charge in [0.15, 0.2) is 0 Å².